The van der Waals surface area contributed by atoms with E-state index in [0.717, 1.165) is 0 Å². The van der Waals surface area contributed by atoms with Gasteiger partial charge in [-0.15, -0.1) is 0 Å². The van der Waals surface area contributed by atoms with E-state index in [9.17, 15) is 8.42 Å². The summed E-state index contributed by atoms with van der Waals surface area (Å²) in [7, 11) is -2.44. The Morgan fingerprint density at radius 1 is 1.44 bits per heavy atom. The first-order valence-electron chi connectivity index (χ1n) is 5.24. The molecule has 8 nitrogen and oxygen atoms in total. The lowest BCUT2D eigenvalue weighted by molar-refractivity contribution is 0.210. The number of primary sulfonamides is 1. The molecule has 0 bridgehead atoms. The van der Waals surface area contributed by atoms with Crippen molar-refractivity contribution in [2.75, 3.05) is 32.2 Å². The number of nitrogens with zero attached hydrogens (tertiary/aromatic N) is 2. The Bertz CT molecular complexity index is 491. The van der Waals surface area contributed by atoms with Crippen molar-refractivity contribution < 1.29 is 17.9 Å². The summed E-state index contributed by atoms with van der Waals surface area (Å²) in [5.41, 5.74) is 0. The van der Waals surface area contributed by atoms with Gasteiger partial charge in [-0.2, -0.15) is 0 Å². The van der Waals surface area contributed by atoms with Crippen LogP contribution >= 0.6 is 0 Å². The third-order valence-electron chi connectivity index (χ3n) is 1.94. The number of aromatic nitrogens is 2. The predicted octanol–water partition coefficient (Wildman–Crippen LogP) is -0.419. The molecule has 0 spiro atoms. The fourth-order valence-corrected chi connectivity index (χ4v) is 2.00. The molecule has 0 saturated carbocycles. The van der Waals surface area contributed by atoms with Gasteiger partial charge in [0.05, 0.1) is 13.2 Å². The average Bonchev–Trinajstić information content (AvgIpc) is 2.28. The minimum atomic E-state index is -3.98. The van der Waals surface area contributed by atoms with Gasteiger partial charge in [0, 0.05) is 13.7 Å². The Labute approximate surface area is 106 Å². The summed E-state index contributed by atoms with van der Waals surface area (Å²) in [5, 5.41) is 7.94. The second kappa shape index (κ2) is 6.47. The number of sulfonamides is 1. The van der Waals surface area contributed by atoms with E-state index in [2.05, 4.69) is 15.3 Å². The minimum absolute atomic E-state index is 0.0603. The molecule has 1 aromatic rings. The van der Waals surface area contributed by atoms with Crippen LogP contribution in [-0.4, -0.2) is 45.3 Å². The molecule has 1 heterocycles. The summed E-state index contributed by atoms with van der Waals surface area (Å²) < 4.78 is 33.0. The molecule has 0 saturated heterocycles. The predicted molar refractivity (Wildman–Crippen MR) is 64.9 cm³/mol. The first-order chi connectivity index (χ1) is 8.50. The van der Waals surface area contributed by atoms with Crippen LogP contribution in [0.15, 0.2) is 11.2 Å². The summed E-state index contributed by atoms with van der Waals surface area (Å²) in [6.07, 6.45) is 1.20. The first-order valence-corrected chi connectivity index (χ1v) is 6.78. The molecule has 1 rings (SSSR count). The van der Waals surface area contributed by atoms with Crippen molar-refractivity contribution in [2.24, 2.45) is 5.14 Å². The lowest BCUT2D eigenvalue weighted by Crippen LogP contribution is -2.19. The second-order valence-corrected chi connectivity index (χ2v) is 4.75. The molecule has 0 unspecified atom stereocenters. The molecular formula is C9H16N4O4S. The van der Waals surface area contributed by atoms with Gasteiger partial charge in [-0.05, 0) is 6.92 Å². The molecule has 0 fully saturated rings. The number of ether oxygens (including phenoxy) is 2. The van der Waals surface area contributed by atoms with Crippen molar-refractivity contribution in [3.63, 3.8) is 0 Å². The van der Waals surface area contributed by atoms with Crippen LogP contribution in [0, 0.1) is 0 Å². The van der Waals surface area contributed by atoms with Gasteiger partial charge in [-0.3, -0.25) is 0 Å². The van der Waals surface area contributed by atoms with Crippen molar-refractivity contribution >= 4 is 15.8 Å². The number of nitrogens with one attached hydrogen (secondary N) is 1. The van der Waals surface area contributed by atoms with E-state index in [0.29, 0.717) is 13.2 Å². The standard InChI is InChI=1S/C9H16N4O4S/c1-3-17-9-7(18(10,14)15)8(12-6-13-9)11-4-5-16-2/h6H,3-5H2,1-2H3,(H2,10,14,15)(H,11,12,13). The largest absolute Gasteiger partial charge is 0.477 e. The van der Waals surface area contributed by atoms with Crippen molar-refractivity contribution in [3.8, 4) is 5.88 Å². The zero-order valence-corrected chi connectivity index (χ0v) is 11.0. The molecule has 0 radical (unpaired) electrons. The van der Waals surface area contributed by atoms with Gasteiger partial charge in [0.25, 0.3) is 0 Å². The van der Waals surface area contributed by atoms with E-state index in [4.69, 9.17) is 14.6 Å². The van der Waals surface area contributed by atoms with Crippen molar-refractivity contribution in [2.45, 2.75) is 11.8 Å². The van der Waals surface area contributed by atoms with Gasteiger partial charge in [-0.25, -0.2) is 23.5 Å². The van der Waals surface area contributed by atoms with Crippen LogP contribution in [0.2, 0.25) is 0 Å². The van der Waals surface area contributed by atoms with Gasteiger partial charge < -0.3 is 14.8 Å². The highest BCUT2D eigenvalue weighted by Crippen LogP contribution is 2.25. The van der Waals surface area contributed by atoms with E-state index in [1.54, 1.807) is 6.92 Å². The van der Waals surface area contributed by atoms with E-state index < -0.39 is 10.0 Å². The molecule has 0 amide bonds. The van der Waals surface area contributed by atoms with Crippen LogP contribution in [0.4, 0.5) is 5.82 Å². The van der Waals surface area contributed by atoms with Gasteiger partial charge in [-0.1, -0.05) is 0 Å². The van der Waals surface area contributed by atoms with Crippen LogP contribution in [0.3, 0.4) is 0 Å². The van der Waals surface area contributed by atoms with Crippen LogP contribution in [0.25, 0.3) is 0 Å². The molecule has 1 aromatic heterocycles. The quantitative estimate of drug-likeness (QED) is 0.649. The first kappa shape index (κ1) is 14.6. The lowest BCUT2D eigenvalue weighted by atomic mass is 10.5. The summed E-state index contributed by atoms with van der Waals surface area (Å²) in [4.78, 5) is 7.36. The van der Waals surface area contributed by atoms with E-state index >= 15 is 0 Å². The highest BCUT2D eigenvalue weighted by molar-refractivity contribution is 7.89. The van der Waals surface area contributed by atoms with Crippen LogP contribution in [0.5, 0.6) is 5.88 Å². The number of rotatable bonds is 7. The summed E-state index contributed by atoms with van der Waals surface area (Å²) in [6.45, 7) is 2.78. The molecular weight excluding hydrogens is 260 g/mol. The molecule has 9 heteroatoms. The van der Waals surface area contributed by atoms with Crippen LogP contribution < -0.4 is 15.2 Å². The number of hydrogen-bond donors (Lipinski definition) is 2. The topological polar surface area (TPSA) is 116 Å². The zero-order chi connectivity index (χ0) is 13.6. The molecule has 0 aliphatic rings. The lowest BCUT2D eigenvalue weighted by Gasteiger charge is -2.12. The number of anilines is 1. The van der Waals surface area contributed by atoms with Gasteiger partial charge in [0.2, 0.25) is 15.9 Å². The Kier molecular flexibility index (Phi) is 5.25. The van der Waals surface area contributed by atoms with Crippen LogP contribution in [0.1, 0.15) is 6.92 Å². The normalized spacial score (nSPS) is 11.3. The SMILES string of the molecule is CCOc1ncnc(NCCOC)c1S(N)(=O)=O. The van der Waals surface area contributed by atoms with E-state index in [1.165, 1.54) is 13.4 Å². The van der Waals surface area contributed by atoms with Gasteiger partial charge in [0.1, 0.15) is 6.33 Å². The summed E-state index contributed by atoms with van der Waals surface area (Å²) >= 11 is 0. The molecule has 0 aliphatic heterocycles. The molecule has 18 heavy (non-hydrogen) atoms. The van der Waals surface area contributed by atoms with Gasteiger partial charge >= 0.3 is 0 Å². The van der Waals surface area contributed by atoms with E-state index in [1.807, 2.05) is 0 Å². The third kappa shape index (κ3) is 3.79. The highest BCUT2D eigenvalue weighted by Gasteiger charge is 2.22. The maximum Gasteiger partial charge on any atom is 0.247 e. The summed E-state index contributed by atoms with van der Waals surface area (Å²) in [5.74, 6) is 0.0444. The molecule has 102 valence electrons. The molecule has 0 aliphatic carbocycles. The maximum atomic E-state index is 11.5. The number of methoxy groups -OCH3 is 1. The van der Waals surface area contributed by atoms with Crippen molar-refractivity contribution in [3.05, 3.63) is 6.33 Å². The third-order valence-corrected chi connectivity index (χ3v) is 2.87. The fraction of sp³-hybridized carbons (Fsp3) is 0.556. The fourth-order valence-electron chi connectivity index (χ4n) is 1.25. The van der Waals surface area contributed by atoms with Gasteiger partial charge in [0.15, 0.2) is 10.7 Å². The molecule has 3 N–H and O–H groups in total. The smallest absolute Gasteiger partial charge is 0.247 e. The van der Waals surface area contributed by atoms with Crippen molar-refractivity contribution in [1.82, 2.24) is 9.97 Å². The van der Waals surface area contributed by atoms with E-state index in [-0.39, 0.29) is 23.2 Å². The Hall–Kier alpha value is -1.45. The second-order valence-electron chi connectivity index (χ2n) is 3.25. The zero-order valence-electron chi connectivity index (χ0n) is 10.2. The maximum absolute atomic E-state index is 11.5. The number of nitrogens with two attached hydrogens (primary N) is 1. The molecule has 0 aromatic carbocycles. The average molecular weight is 276 g/mol. The Morgan fingerprint density at radius 3 is 2.72 bits per heavy atom. The van der Waals surface area contributed by atoms with Crippen molar-refractivity contribution in [1.29, 1.82) is 0 Å². The highest BCUT2D eigenvalue weighted by atomic mass is 32.2. The Morgan fingerprint density at radius 2 is 2.17 bits per heavy atom. The van der Waals surface area contributed by atoms with Crippen LogP contribution in [-0.2, 0) is 14.8 Å². The molecule has 0 atom stereocenters. The minimum Gasteiger partial charge on any atom is -0.477 e. The monoisotopic (exact) mass is 276 g/mol. The Balaban J connectivity index is 3.12. The summed E-state index contributed by atoms with van der Waals surface area (Å²) in [6, 6.07) is 0. The number of hydrogen-bond acceptors (Lipinski definition) is 7.